The third kappa shape index (κ3) is 3.60. The molecule has 1 fully saturated rings. The molecule has 1 N–H and O–H groups in total. The Kier molecular flexibility index (Phi) is 4.95. The van der Waals surface area contributed by atoms with Gasteiger partial charge >= 0.3 is 0 Å². The molecule has 116 valence electrons. The van der Waals surface area contributed by atoms with E-state index < -0.39 is 0 Å². The molecule has 1 aromatic heterocycles. The van der Waals surface area contributed by atoms with Gasteiger partial charge in [0.25, 0.3) is 5.69 Å². The molecule has 0 bridgehead atoms. The molecule has 0 aromatic carbocycles. The molecule has 2 rings (SSSR count). The molecule has 0 saturated carbocycles. The first-order valence-corrected chi connectivity index (χ1v) is 7.40. The van der Waals surface area contributed by atoms with Crippen molar-refractivity contribution in [2.24, 2.45) is 0 Å². The molecule has 2 heterocycles. The van der Waals surface area contributed by atoms with E-state index in [0.717, 1.165) is 26.1 Å². The Balaban J connectivity index is 2.27. The second-order valence-corrected chi connectivity index (χ2v) is 5.34. The van der Waals surface area contributed by atoms with Crippen LogP contribution in [0.1, 0.15) is 20.3 Å². The second-order valence-electron chi connectivity index (χ2n) is 5.34. The van der Waals surface area contributed by atoms with Crippen LogP contribution in [-0.4, -0.2) is 54.1 Å². The van der Waals surface area contributed by atoms with Gasteiger partial charge in [0.05, 0.1) is 17.1 Å². The van der Waals surface area contributed by atoms with Gasteiger partial charge in [-0.3, -0.25) is 15.0 Å². The Hall–Kier alpha value is -1.89. The summed E-state index contributed by atoms with van der Waals surface area (Å²) < 4.78 is 0. The number of nitro groups is 1. The lowest BCUT2D eigenvalue weighted by molar-refractivity contribution is -0.384. The van der Waals surface area contributed by atoms with Gasteiger partial charge in [-0.2, -0.15) is 0 Å². The number of rotatable bonds is 5. The maximum absolute atomic E-state index is 11.1. The Bertz CT molecular complexity index is 508. The highest BCUT2D eigenvalue weighted by atomic mass is 16.6. The lowest BCUT2D eigenvalue weighted by Gasteiger charge is -2.39. The van der Waals surface area contributed by atoms with Crippen molar-refractivity contribution in [3.8, 4) is 0 Å². The molecule has 1 aliphatic rings. The number of anilines is 2. The number of nitrogens with one attached hydrogen (secondary N) is 1. The van der Waals surface area contributed by atoms with Crippen LogP contribution in [0.15, 0.2) is 12.1 Å². The van der Waals surface area contributed by atoms with Crippen molar-refractivity contribution in [3.05, 3.63) is 22.2 Å². The zero-order chi connectivity index (χ0) is 15.4. The van der Waals surface area contributed by atoms with Crippen LogP contribution >= 0.6 is 0 Å². The minimum atomic E-state index is -0.362. The standard InChI is InChI=1S/C14H23N5O2/c1-4-11-10-18(7-6-17(11)3)14-9-12(19(20)21)8-13(16-14)15-5-2/h8-9,11H,4-7,10H2,1-3H3,(H,15,16). The summed E-state index contributed by atoms with van der Waals surface area (Å²) in [5, 5.41) is 14.2. The van der Waals surface area contributed by atoms with Gasteiger partial charge in [0.2, 0.25) is 0 Å². The molecule has 1 saturated heterocycles. The Morgan fingerprint density at radius 1 is 1.43 bits per heavy atom. The summed E-state index contributed by atoms with van der Waals surface area (Å²) in [7, 11) is 2.12. The minimum absolute atomic E-state index is 0.0860. The zero-order valence-electron chi connectivity index (χ0n) is 12.9. The molecule has 1 aliphatic heterocycles. The van der Waals surface area contributed by atoms with Crippen LogP contribution in [0.5, 0.6) is 0 Å². The molecule has 7 heteroatoms. The van der Waals surface area contributed by atoms with E-state index in [9.17, 15) is 10.1 Å². The summed E-state index contributed by atoms with van der Waals surface area (Å²) in [4.78, 5) is 19.7. The number of hydrogen-bond acceptors (Lipinski definition) is 6. The van der Waals surface area contributed by atoms with E-state index in [1.54, 1.807) is 6.07 Å². The van der Waals surface area contributed by atoms with Gasteiger partial charge in [-0.25, -0.2) is 4.98 Å². The first-order valence-electron chi connectivity index (χ1n) is 7.40. The molecule has 0 radical (unpaired) electrons. The van der Waals surface area contributed by atoms with Gasteiger partial charge in [0.1, 0.15) is 11.6 Å². The van der Waals surface area contributed by atoms with Crippen LogP contribution in [0, 0.1) is 10.1 Å². The van der Waals surface area contributed by atoms with E-state index in [2.05, 4.69) is 34.1 Å². The van der Waals surface area contributed by atoms with Crippen molar-refractivity contribution in [1.82, 2.24) is 9.88 Å². The highest BCUT2D eigenvalue weighted by Crippen LogP contribution is 2.25. The molecule has 0 amide bonds. The highest BCUT2D eigenvalue weighted by molar-refractivity contribution is 5.56. The topological polar surface area (TPSA) is 74.5 Å². The van der Waals surface area contributed by atoms with E-state index in [1.807, 2.05) is 6.92 Å². The average molecular weight is 293 g/mol. The molecular weight excluding hydrogens is 270 g/mol. The largest absolute Gasteiger partial charge is 0.370 e. The quantitative estimate of drug-likeness (QED) is 0.660. The van der Waals surface area contributed by atoms with E-state index in [1.165, 1.54) is 6.07 Å². The van der Waals surface area contributed by atoms with Crippen LogP contribution in [0.2, 0.25) is 0 Å². The van der Waals surface area contributed by atoms with Gasteiger partial charge in [-0.05, 0) is 20.4 Å². The number of nitrogens with zero attached hydrogens (tertiary/aromatic N) is 4. The average Bonchev–Trinajstić information content (AvgIpc) is 2.47. The normalized spacial score (nSPS) is 19.6. The first-order chi connectivity index (χ1) is 10.0. The third-order valence-corrected chi connectivity index (χ3v) is 3.94. The SMILES string of the molecule is CCNc1cc([N+](=O)[O-])cc(N2CCN(C)C(CC)C2)n1. The van der Waals surface area contributed by atoms with Crippen LogP contribution in [-0.2, 0) is 0 Å². The number of piperazine rings is 1. The van der Waals surface area contributed by atoms with Crippen molar-refractivity contribution in [2.75, 3.05) is 43.4 Å². The minimum Gasteiger partial charge on any atom is -0.370 e. The predicted octanol–water partition coefficient (Wildman–Crippen LogP) is 1.95. The molecule has 21 heavy (non-hydrogen) atoms. The van der Waals surface area contributed by atoms with Gasteiger partial charge < -0.3 is 10.2 Å². The van der Waals surface area contributed by atoms with E-state index in [4.69, 9.17) is 0 Å². The van der Waals surface area contributed by atoms with Crippen molar-refractivity contribution in [3.63, 3.8) is 0 Å². The summed E-state index contributed by atoms with van der Waals surface area (Å²) in [6.45, 7) is 7.44. The van der Waals surface area contributed by atoms with Crippen LogP contribution in [0.3, 0.4) is 0 Å². The maximum Gasteiger partial charge on any atom is 0.276 e. The third-order valence-electron chi connectivity index (χ3n) is 3.94. The Morgan fingerprint density at radius 3 is 2.81 bits per heavy atom. The summed E-state index contributed by atoms with van der Waals surface area (Å²) in [5.41, 5.74) is 0.0860. The van der Waals surface area contributed by atoms with Crippen molar-refractivity contribution < 1.29 is 4.92 Å². The first kappa shape index (κ1) is 15.5. The summed E-state index contributed by atoms with van der Waals surface area (Å²) >= 11 is 0. The molecule has 1 unspecified atom stereocenters. The maximum atomic E-state index is 11.1. The van der Waals surface area contributed by atoms with Crippen molar-refractivity contribution in [2.45, 2.75) is 26.3 Å². The number of likely N-dealkylation sites (N-methyl/N-ethyl adjacent to an activating group) is 1. The zero-order valence-corrected chi connectivity index (χ0v) is 12.9. The highest BCUT2D eigenvalue weighted by Gasteiger charge is 2.25. The van der Waals surface area contributed by atoms with E-state index >= 15 is 0 Å². The molecule has 1 aromatic rings. The second kappa shape index (κ2) is 6.71. The number of aromatic nitrogens is 1. The Labute approximate surface area is 125 Å². The van der Waals surface area contributed by atoms with Gasteiger partial charge in [-0.15, -0.1) is 0 Å². The smallest absolute Gasteiger partial charge is 0.276 e. The lowest BCUT2D eigenvalue weighted by Crippen LogP contribution is -2.51. The monoisotopic (exact) mass is 293 g/mol. The lowest BCUT2D eigenvalue weighted by atomic mass is 10.1. The fourth-order valence-electron chi connectivity index (χ4n) is 2.64. The summed E-state index contributed by atoms with van der Waals surface area (Å²) in [6, 6.07) is 3.52. The fourth-order valence-corrected chi connectivity index (χ4v) is 2.64. The van der Waals surface area contributed by atoms with E-state index in [-0.39, 0.29) is 10.6 Å². The van der Waals surface area contributed by atoms with Gasteiger partial charge in [0.15, 0.2) is 0 Å². The van der Waals surface area contributed by atoms with Crippen LogP contribution in [0.4, 0.5) is 17.3 Å². The molecular formula is C14H23N5O2. The van der Waals surface area contributed by atoms with Gasteiger partial charge in [-0.1, -0.05) is 6.92 Å². The fraction of sp³-hybridized carbons (Fsp3) is 0.643. The Morgan fingerprint density at radius 2 is 2.19 bits per heavy atom. The van der Waals surface area contributed by atoms with E-state index in [0.29, 0.717) is 24.2 Å². The van der Waals surface area contributed by atoms with Crippen LogP contribution < -0.4 is 10.2 Å². The summed E-state index contributed by atoms with van der Waals surface area (Å²) in [5.74, 6) is 1.25. The number of hydrogen-bond donors (Lipinski definition) is 1. The summed E-state index contributed by atoms with van der Waals surface area (Å²) in [6.07, 6.45) is 1.06. The predicted molar refractivity (Wildman–Crippen MR) is 84.0 cm³/mol. The van der Waals surface area contributed by atoms with Gasteiger partial charge in [0, 0.05) is 32.2 Å². The van der Waals surface area contributed by atoms with Crippen molar-refractivity contribution in [1.29, 1.82) is 0 Å². The molecule has 0 aliphatic carbocycles. The molecule has 1 atom stereocenters. The molecule has 0 spiro atoms. The van der Waals surface area contributed by atoms with Crippen LogP contribution in [0.25, 0.3) is 0 Å². The molecule has 7 nitrogen and oxygen atoms in total. The number of pyridine rings is 1. The van der Waals surface area contributed by atoms with Crippen molar-refractivity contribution >= 4 is 17.3 Å².